The summed E-state index contributed by atoms with van der Waals surface area (Å²) in [7, 11) is 1.33. The van der Waals surface area contributed by atoms with E-state index in [4.69, 9.17) is 4.74 Å². The first-order valence-electron chi connectivity index (χ1n) is 8.97. The normalized spacial score (nSPS) is 10.3. The van der Waals surface area contributed by atoms with Crippen LogP contribution in [0.1, 0.15) is 53.3 Å². The molecule has 0 atom stereocenters. The third-order valence-corrected chi connectivity index (χ3v) is 4.50. The molecule has 0 aliphatic carbocycles. The van der Waals surface area contributed by atoms with Crippen LogP contribution < -0.4 is 10.1 Å². The minimum atomic E-state index is -0.418. The highest BCUT2D eigenvalue weighted by atomic mass is 79.9. The molecule has 27 heavy (non-hydrogen) atoms. The van der Waals surface area contributed by atoms with Crippen LogP contribution in [0.5, 0.6) is 5.75 Å². The number of carbonyl (C=O) groups is 2. The molecule has 2 aromatic carbocycles. The van der Waals surface area contributed by atoms with Gasteiger partial charge < -0.3 is 14.8 Å². The number of benzene rings is 2. The van der Waals surface area contributed by atoms with Crippen molar-refractivity contribution >= 4 is 33.5 Å². The number of methoxy groups -OCH3 is 1. The Labute approximate surface area is 168 Å². The van der Waals surface area contributed by atoms with Gasteiger partial charge >= 0.3 is 5.97 Å². The molecule has 0 bridgehead atoms. The van der Waals surface area contributed by atoms with Crippen LogP contribution in [-0.4, -0.2) is 25.6 Å². The standard InChI is InChI=1S/C21H24BrNO4/c1-3-4-5-6-13-27-19-12-9-16(22)14-18(19)20(24)23-17-10-7-15(8-11-17)21(25)26-2/h7-12,14H,3-6,13H2,1-2H3,(H,23,24). The van der Waals surface area contributed by atoms with E-state index in [0.717, 1.165) is 17.3 Å². The third kappa shape index (κ3) is 6.40. The minimum absolute atomic E-state index is 0.273. The highest BCUT2D eigenvalue weighted by molar-refractivity contribution is 9.10. The van der Waals surface area contributed by atoms with Gasteiger partial charge in [0.1, 0.15) is 5.75 Å². The summed E-state index contributed by atoms with van der Waals surface area (Å²) in [5.41, 5.74) is 1.47. The average molecular weight is 434 g/mol. The Morgan fingerprint density at radius 1 is 1.04 bits per heavy atom. The molecular weight excluding hydrogens is 410 g/mol. The van der Waals surface area contributed by atoms with E-state index in [1.54, 1.807) is 36.4 Å². The van der Waals surface area contributed by atoms with Crippen molar-refractivity contribution in [2.75, 3.05) is 19.0 Å². The number of amides is 1. The Hall–Kier alpha value is -2.34. The SMILES string of the molecule is CCCCCCOc1ccc(Br)cc1C(=O)Nc1ccc(C(=O)OC)cc1. The molecule has 0 radical (unpaired) electrons. The van der Waals surface area contributed by atoms with Crippen LogP contribution in [0.3, 0.4) is 0 Å². The molecule has 6 heteroatoms. The largest absolute Gasteiger partial charge is 0.493 e. The minimum Gasteiger partial charge on any atom is -0.493 e. The van der Waals surface area contributed by atoms with Gasteiger partial charge in [-0.15, -0.1) is 0 Å². The fourth-order valence-electron chi connectivity index (χ4n) is 2.52. The van der Waals surface area contributed by atoms with Gasteiger partial charge in [0.2, 0.25) is 0 Å². The molecule has 2 aromatic rings. The van der Waals surface area contributed by atoms with Crippen molar-refractivity contribution in [2.24, 2.45) is 0 Å². The van der Waals surface area contributed by atoms with Crippen LogP contribution in [0.15, 0.2) is 46.9 Å². The number of hydrogen-bond acceptors (Lipinski definition) is 4. The summed E-state index contributed by atoms with van der Waals surface area (Å²) in [4.78, 5) is 24.2. The van der Waals surface area contributed by atoms with Gasteiger partial charge in [0.15, 0.2) is 0 Å². The molecule has 0 aromatic heterocycles. The molecule has 5 nitrogen and oxygen atoms in total. The maximum absolute atomic E-state index is 12.7. The smallest absolute Gasteiger partial charge is 0.337 e. The predicted molar refractivity (Wildman–Crippen MR) is 110 cm³/mol. The quantitative estimate of drug-likeness (QED) is 0.421. The average Bonchev–Trinajstić information content (AvgIpc) is 2.68. The summed E-state index contributed by atoms with van der Waals surface area (Å²) in [6.07, 6.45) is 4.42. The van der Waals surface area contributed by atoms with E-state index >= 15 is 0 Å². The molecule has 0 aliphatic rings. The second-order valence-electron chi connectivity index (χ2n) is 6.07. The van der Waals surface area contributed by atoms with E-state index in [1.165, 1.54) is 20.0 Å². The number of anilines is 1. The molecule has 0 aliphatic heterocycles. The number of carbonyl (C=O) groups excluding carboxylic acids is 2. The Bertz CT molecular complexity index is 774. The molecule has 0 fully saturated rings. The van der Waals surface area contributed by atoms with Crippen LogP contribution in [0.2, 0.25) is 0 Å². The number of ether oxygens (including phenoxy) is 2. The van der Waals surface area contributed by atoms with Crippen molar-refractivity contribution in [2.45, 2.75) is 32.6 Å². The van der Waals surface area contributed by atoms with Gasteiger partial charge in [0.05, 0.1) is 24.8 Å². The lowest BCUT2D eigenvalue weighted by Gasteiger charge is -2.12. The maximum Gasteiger partial charge on any atom is 0.337 e. The second kappa shape index (κ2) is 10.7. The zero-order chi connectivity index (χ0) is 19.6. The number of hydrogen-bond donors (Lipinski definition) is 1. The van der Waals surface area contributed by atoms with E-state index in [1.807, 2.05) is 6.07 Å². The van der Waals surface area contributed by atoms with Crippen molar-refractivity contribution in [3.05, 3.63) is 58.1 Å². The van der Waals surface area contributed by atoms with Crippen molar-refractivity contribution in [3.63, 3.8) is 0 Å². The second-order valence-corrected chi connectivity index (χ2v) is 6.99. The predicted octanol–water partition coefficient (Wildman–Crippen LogP) is 5.45. The monoisotopic (exact) mass is 433 g/mol. The highest BCUT2D eigenvalue weighted by Crippen LogP contribution is 2.25. The van der Waals surface area contributed by atoms with Crippen molar-refractivity contribution in [3.8, 4) is 5.75 Å². The van der Waals surface area contributed by atoms with Crippen molar-refractivity contribution < 1.29 is 19.1 Å². The summed E-state index contributed by atoms with van der Waals surface area (Å²) in [5, 5.41) is 2.83. The Kier molecular flexibility index (Phi) is 8.33. The molecule has 2 rings (SSSR count). The highest BCUT2D eigenvalue weighted by Gasteiger charge is 2.14. The molecule has 0 unspecified atom stereocenters. The zero-order valence-electron chi connectivity index (χ0n) is 15.6. The fraction of sp³-hybridized carbons (Fsp3) is 0.333. The summed E-state index contributed by atoms with van der Waals surface area (Å²) < 4.78 is 11.3. The summed E-state index contributed by atoms with van der Waals surface area (Å²) >= 11 is 3.40. The van der Waals surface area contributed by atoms with E-state index in [0.29, 0.717) is 29.2 Å². The molecule has 0 saturated carbocycles. The van der Waals surface area contributed by atoms with Crippen LogP contribution in [-0.2, 0) is 4.74 Å². The van der Waals surface area contributed by atoms with Gasteiger partial charge in [-0.2, -0.15) is 0 Å². The molecule has 0 saturated heterocycles. The Morgan fingerprint density at radius 3 is 2.44 bits per heavy atom. The number of nitrogens with one attached hydrogen (secondary N) is 1. The van der Waals surface area contributed by atoms with Crippen molar-refractivity contribution in [1.82, 2.24) is 0 Å². The first kappa shape index (κ1) is 21.0. The molecule has 1 N–H and O–H groups in total. The number of halogens is 1. The summed E-state index contributed by atoms with van der Waals surface area (Å²) in [5.74, 6) is -0.136. The molecule has 0 spiro atoms. The number of esters is 1. The first-order valence-corrected chi connectivity index (χ1v) is 9.76. The van der Waals surface area contributed by atoms with E-state index in [9.17, 15) is 9.59 Å². The first-order chi connectivity index (χ1) is 13.0. The van der Waals surface area contributed by atoms with Gasteiger partial charge in [-0.1, -0.05) is 42.1 Å². The fourth-order valence-corrected chi connectivity index (χ4v) is 2.88. The molecular formula is C21H24BrNO4. The van der Waals surface area contributed by atoms with Crippen LogP contribution in [0.25, 0.3) is 0 Å². The van der Waals surface area contributed by atoms with Crippen LogP contribution >= 0.6 is 15.9 Å². The van der Waals surface area contributed by atoms with Crippen LogP contribution in [0.4, 0.5) is 5.69 Å². The molecule has 144 valence electrons. The van der Waals surface area contributed by atoms with Gasteiger partial charge in [0, 0.05) is 10.2 Å². The van der Waals surface area contributed by atoms with E-state index < -0.39 is 5.97 Å². The lowest BCUT2D eigenvalue weighted by Crippen LogP contribution is -2.14. The zero-order valence-corrected chi connectivity index (χ0v) is 17.2. The van der Waals surface area contributed by atoms with Gasteiger partial charge in [0.25, 0.3) is 5.91 Å². The lowest BCUT2D eigenvalue weighted by atomic mass is 10.1. The summed E-state index contributed by atoms with van der Waals surface area (Å²) in [6, 6.07) is 11.9. The Balaban J connectivity index is 2.06. The maximum atomic E-state index is 12.7. The van der Waals surface area contributed by atoms with Gasteiger partial charge in [-0.05, 0) is 48.9 Å². The molecule has 1 amide bonds. The molecule has 0 heterocycles. The lowest BCUT2D eigenvalue weighted by molar-refractivity contribution is 0.0600. The number of unbranched alkanes of at least 4 members (excludes halogenated alkanes) is 3. The van der Waals surface area contributed by atoms with Crippen LogP contribution in [0, 0.1) is 0 Å². The van der Waals surface area contributed by atoms with Crippen molar-refractivity contribution in [1.29, 1.82) is 0 Å². The van der Waals surface area contributed by atoms with E-state index in [2.05, 4.69) is 32.9 Å². The van der Waals surface area contributed by atoms with Gasteiger partial charge in [-0.25, -0.2) is 4.79 Å². The Morgan fingerprint density at radius 2 is 1.78 bits per heavy atom. The van der Waals surface area contributed by atoms with E-state index in [-0.39, 0.29) is 5.91 Å². The number of rotatable bonds is 9. The summed E-state index contributed by atoms with van der Waals surface area (Å²) in [6.45, 7) is 2.74. The topological polar surface area (TPSA) is 64.6 Å². The third-order valence-electron chi connectivity index (χ3n) is 4.01. The van der Waals surface area contributed by atoms with Gasteiger partial charge in [-0.3, -0.25) is 4.79 Å².